The molecule has 122 valence electrons. The van der Waals surface area contributed by atoms with Gasteiger partial charge in [-0.2, -0.15) is 5.10 Å². The number of amides is 2. The van der Waals surface area contributed by atoms with Crippen LogP contribution in [0.2, 0.25) is 5.02 Å². The van der Waals surface area contributed by atoms with Gasteiger partial charge < -0.3 is 10.6 Å². The summed E-state index contributed by atoms with van der Waals surface area (Å²) in [5.74, 6) is -0.334. The van der Waals surface area contributed by atoms with E-state index in [9.17, 15) is 9.18 Å². The molecule has 0 aliphatic carbocycles. The highest BCUT2D eigenvalue weighted by Gasteiger charge is 2.15. The molecule has 0 aliphatic heterocycles. The normalized spacial score (nSPS) is 10.5. The van der Waals surface area contributed by atoms with Crippen molar-refractivity contribution in [3.63, 3.8) is 0 Å². The first-order valence-electron chi connectivity index (χ1n) is 7.17. The predicted molar refractivity (Wildman–Crippen MR) is 92.8 cm³/mol. The summed E-state index contributed by atoms with van der Waals surface area (Å²) >= 11 is 5.90. The molecule has 1 aromatic heterocycles. The highest BCUT2D eigenvalue weighted by Crippen LogP contribution is 2.28. The zero-order chi connectivity index (χ0) is 17.1. The minimum Gasteiger partial charge on any atom is -0.308 e. The van der Waals surface area contributed by atoms with Gasteiger partial charge >= 0.3 is 6.03 Å². The molecule has 0 fully saturated rings. The predicted octanol–water partition coefficient (Wildman–Crippen LogP) is 4.82. The fourth-order valence-corrected chi connectivity index (χ4v) is 2.43. The number of halogens is 2. The van der Waals surface area contributed by atoms with Crippen LogP contribution in [0.3, 0.4) is 0 Å². The maximum Gasteiger partial charge on any atom is 0.323 e. The van der Waals surface area contributed by atoms with Crippen molar-refractivity contribution < 1.29 is 9.18 Å². The zero-order valence-electron chi connectivity index (χ0n) is 12.7. The molecule has 0 saturated heterocycles. The van der Waals surface area contributed by atoms with Crippen molar-refractivity contribution in [1.82, 2.24) is 10.2 Å². The van der Waals surface area contributed by atoms with Gasteiger partial charge in [0.05, 0.1) is 11.4 Å². The number of hydrogen-bond donors (Lipinski definition) is 3. The number of nitrogens with one attached hydrogen (secondary N) is 3. The molecule has 24 heavy (non-hydrogen) atoms. The van der Waals surface area contributed by atoms with Gasteiger partial charge in [0.2, 0.25) is 0 Å². The van der Waals surface area contributed by atoms with Crippen LogP contribution in [0.5, 0.6) is 0 Å². The highest BCUT2D eigenvalue weighted by atomic mass is 35.5. The number of aryl methyl sites for hydroxylation is 1. The maximum absolute atomic E-state index is 13.1. The van der Waals surface area contributed by atoms with Crippen molar-refractivity contribution in [2.75, 3.05) is 10.6 Å². The molecule has 0 spiro atoms. The standard InChI is InChI=1S/C17H14ClFN4O/c1-10-15(16(23-22-10)11-5-7-13(19)8-6-11)21-17(24)20-14-4-2-3-12(18)9-14/h2-9H,1H3,(H,22,23)(H2,20,21,24). The van der Waals surface area contributed by atoms with Gasteiger partial charge in [-0.15, -0.1) is 0 Å². The van der Waals surface area contributed by atoms with E-state index in [1.54, 1.807) is 43.3 Å². The Kier molecular flexibility index (Phi) is 4.48. The SMILES string of the molecule is Cc1[nH]nc(-c2ccc(F)cc2)c1NC(=O)Nc1cccc(Cl)c1. The smallest absolute Gasteiger partial charge is 0.308 e. The fourth-order valence-electron chi connectivity index (χ4n) is 2.24. The van der Waals surface area contributed by atoms with Crippen molar-refractivity contribution in [2.45, 2.75) is 6.92 Å². The van der Waals surface area contributed by atoms with Crippen molar-refractivity contribution >= 4 is 29.0 Å². The Hall–Kier alpha value is -2.86. The largest absolute Gasteiger partial charge is 0.323 e. The first-order valence-corrected chi connectivity index (χ1v) is 7.55. The molecule has 0 unspecified atom stereocenters. The molecule has 0 aliphatic rings. The number of H-pyrrole nitrogens is 1. The second-order valence-electron chi connectivity index (χ2n) is 5.17. The Morgan fingerprint density at radius 3 is 2.62 bits per heavy atom. The Morgan fingerprint density at radius 2 is 1.92 bits per heavy atom. The third kappa shape index (κ3) is 3.55. The molecule has 0 radical (unpaired) electrons. The van der Waals surface area contributed by atoms with Crippen LogP contribution in [0, 0.1) is 12.7 Å². The van der Waals surface area contributed by atoms with Gasteiger partial charge in [-0.3, -0.25) is 5.10 Å². The van der Waals surface area contributed by atoms with Crippen molar-refractivity contribution in [3.8, 4) is 11.3 Å². The number of carbonyl (C=O) groups excluding carboxylic acids is 1. The van der Waals surface area contributed by atoms with Gasteiger partial charge in [0, 0.05) is 16.3 Å². The lowest BCUT2D eigenvalue weighted by Gasteiger charge is -2.09. The summed E-state index contributed by atoms with van der Waals surface area (Å²) in [5, 5.41) is 13.0. The molecule has 2 aromatic carbocycles. The number of rotatable bonds is 3. The number of carbonyl (C=O) groups is 1. The number of benzene rings is 2. The summed E-state index contributed by atoms with van der Waals surface area (Å²) in [7, 11) is 0. The van der Waals surface area contributed by atoms with E-state index in [0.29, 0.717) is 33.3 Å². The van der Waals surface area contributed by atoms with Gasteiger partial charge in [0.15, 0.2) is 0 Å². The quantitative estimate of drug-likeness (QED) is 0.637. The maximum atomic E-state index is 13.1. The summed E-state index contributed by atoms with van der Waals surface area (Å²) in [4.78, 5) is 12.2. The Balaban J connectivity index is 1.81. The van der Waals surface area contributed by atoms with Gasteiger partial charge in [0.1, 0.15) is 11.5 Å². The third-order valence-electron chi connectivity index (χ3n) is 3.39. The molecular weight excluding hydrogens is 331 g/mol. The van der Waals surface area contributed by atoms with Crippen LogP contribution in [0.25, 0.3) is 11.3 Å². The molecule has 0 saturated carbocycles. The Morgan fingerprint density at radius 1 is 1.17 bits per heavy atom. The van der Waals surface area contributed by atoms with E-state index < -0.39 is 6.03 Å². The highest BCUT2D eigenvalue weighted by molar-refractivity contribution is 6.30. The van der Waals surface area contributed by atoms with E-state index in [1.165, 1.54) is 12.1 Å². The summed E-state index contributed by atoms with van der Waals surface area (Å²) in [6, 6.07) is 12.3. The van der Waals surface area contributed by atoms with Crippen molar-refractivity contribution in [3.05, 3.63) is 65.1 Å². The van der Waals surface area contributed by atoms with Crippen LogP contribution < -0.4 is 10.6 Å². The van der Waals surface area contributed by atoms with Crippen molar-refractivity contribution in [1.29, 1.82) is 0 Å². The van der Waals surface area contributed by atoms with Crippen LogP contribution in [-0.2, 0) is 0 Å². The van der Waals surface area contributed by atoms with E-state index in [-0.39, 0.29) is 5.82 Å². The molecule has 5 nitrogen and oxygen atoms in total. The van der Waals surface area contributed by atoms with Crippen molar-refractivity contribution in [2.24, 2.45) is 0 Å². The first kappa shape index (κ1) is 16.0. The van der Waals surface area contributed by atoms with Crippen LogP contribution in [0.15, 0.2) is 48.5 Å². The van der Waals surface area contributed by atoms with Gasteiger partial charge in [-0.25, -0.2) is 9.18 Å². The van der Waals surface area contributed by atoms with Crippen LogP contribution in [0.4, 0.5) is 20.6 Å². The van der Waals surface area contributed by atoms with Gasteiger partial charge in [0.25, 0.3) is 0 Å². The second kappa shape index (κ2) is 6.72. The monoisotopic (exact) mass is 344 g/mol. The number of aromatic amines is 1. The molecule has 0 bridgehead atoms. The molecular formula is C17H14ClFN4O. The Bertz CT molecular complexity index is 877. The van der Waals surface area contributed by atoms with Crippen LogP contribution >= 0.6 is 11.6 Å². The third-order valence-corrected chi connectivity index (χ3v) is 3.62. The molecule has 3 rings (SSSR count). The zero-order valence-corrected chi connectivity index (χ0v) is 13.5. The average molecular weight is 345 g/mol. The lowest BCUT2D eigenvalue weighted by molar-refractivity contribution is 0.262. The summed E-state index contributed by atoms with van der Waals surface area (Å²) in [6.07, 6.45) is 0. The van der Waals surface area contributed by atoms with E-state index in [2.05, 4.69) is 20.8 Å². The fraction of sp³-hybridized carbons (Fsp3) is 0.0588. The summed E-state index contributed by atoms with van der Waals surface area (Å²) < 4.78 is 13.1. The number of aromatic nitrogens is 2. The summed E-state index contributed by atoms with van der Waals surface area (Å²) in [5.41, 5.74) is 3.02. The van der Waals surface area contributed by atoms with E-state index in [4.69, 9.17) is 11.6 Å². The average Bonchev–Trinajstić information content (AvgIpc) is 2.89. The number of hydrogen-bond acceptors (Lipinski definition) is 2. The molecule has 1 heterocycles. The number of anilines is 2. The van der Waals surface area contributed by atoms with Gasteiger partial charge in [-0.05, 0) is 49.4 Å². The van der Waals surface area contributed by atoms with E-state index in [0.717, 1.165) is 0 Å². The Labute approximate surface area is 142 Å². The minimum atomic E-state index is -0.426. The van der Waals surface area contributed by atoms with E-state index >= 15 is 0 Å². The van der Waals surface area contributed by atoms with Crippen LogP contribution in [0.1, 0.15) is 5.69 Å². The topological polar surface area (TPSA) is 69.8 Å². The molecule has 3 aromatic rings. The second-order valence-corrected chi connectivity index (χ2v) is 5.61. The minimum absolute atomic E-state index is 0.334. The molecule has 0 atom stereocenters. The number of urea groups is 1. The summed E-state index contributed by atoms with van der Waals surface area (Å²) in [6.45, 7) is 1.79. The first-order chi connectivity index (χ1) is 11.5. The molecule has 7 heteroatoms. The van der Waals surface area contributed by atoms with Crippen LogP contribution in [-0.4, -0.2) is 16.2 Å². The van der Waals surface area contributed by atoms with Gasteiger partial charge in [-0.1, -0.05) is 17.7 Å². The molecule has 3 N–H and O–H groups in total. The molecule has 2 amide bonds. The lowest BCUT2D eigenvalue weighted by Crippen LogP contribution is -2.20. The lowest BCUT2D eigenvalue weighted by atomic mass is 10.1. The number of nitrogens with zero attached hydrogens (tertiary/aromatic N) is 1. The van der Waals surface area contributed by atoms with E-state index in [1.807, 2.05) is 0 Å².